The maximum atomic E-state index is 11.0. The van der Waals surface area contributed by atoms with E-state index >= 15 is 0 Å². The van der Waals surface area contributed by atoms with Crippen molar-refractivity contribution in [2.75, 3.05) is 13.0 Å². The lowest BCUT2D eigenvalue weighted by Crippen LogP contribution is -2.86. The lowest BCUT2D eigenvalue weighted by molar-refractivity contribution is -0.586. The average Bonchev–Trinajstić information content (AvgIpc) is 2.40. The number of nitrogens with two attached hydrogens (primary N) is 1. The SMILES string of the molecule is CCOC(=O)[NH2+]Cc1ccc(C#N)cc1.CCl. The van der Waals surface area contributed by atoms with E-state index < -0.39 is 0 Å². The minimum atomic E-state index is -0.304. The zero-order valence-electron chi connectivity index (χ0n) is 9.94. The summed E-state index contributed by atoms with van der Waals surface area (Å²) in [6, 6.07) is 9.15. The number of rotatable bonds is 3. The van der Waals surface area contributed by atoms with E-state index in [2.05, 4.69) is 11.6 Å². The van der Waals surface area contributed by atoms with Crippen molar-refractivity contribution < 1.29 is 14.8 Å². The van der Waals surface area contributed by atoms with Crippen molar-refractivity contribution in [2.24, 2.45) is 0 Å². The summed E-state index contributed by atoms with van der Waals surface area (Å²) >= 11 is 4.64. The molecule has 17 heavy (non-hydrogen) atoms. The van der Waals surface area contributed by atoms with Gasteiger partial charge in [-0.15, -0.1) is 11.6 Å². The van der Waals surface area contributed by atoms with E-state index in [9.17, 15) is 4.79 Å². The summed E-state index contributed by atoms with van der Waals surface area (Å²) in [7, 11) is 0. The van der Waals surface area contributed by atoms with Gasteiger partial charge < -0.3 is 4.74 Å². The van der Waals surface area contributed by atoms with Crippen molar-refractivity contribution in [1.29, 1.82) is 5.26 Å². The monoisotopic (exact) mass is 255 g/mol. The molecule has 0 unspecified atom stereocenters. The van der Waals surface area contributed by atoms with E-state index in [1.807, 2.05) is 18.2 Å². The van der Waals surface area contributed by atoms with Crippen LogP contribution in [0.1, 0.15) is 18.1 Å². The van der Waals surface area contributed by atoms with Crippen molar-refractivity contribution in [3.05, 3.63) is 35.4 Å². The summed E-state index contributed by atoms with van der Waals surface area (Å²) < 4.78 is 4.76. The molecular formula is C12H16ClN2O2+. The van der Waals surface area contributed by atoms with Crippen LogP contribution in [0.25, 0.3) is 0 Å². The van der Waals surface area contributed by atoms with Gasteiger partial charge >= 0.3 is 6.09 Å². The number of primary amides is 1. The van der Waals surface area contributed by atoms with Crippen LogP contribution in [-0.2, 0) is 11.3 Å². The Hall–Kier alpha value is -1.57. The number of alkyl halides is 1. The first-order valence-electron chi connectivity index (χ1n) is 5.13. The zero-order valence-corrected chi connectivity index (χ0v) is 10.7. The van der Waals surface area contributed by atoms with Gasteiger partial charge in [-0.3, -0.25) is 0 Å². The first-order valence-corrected chi connectivity index (χ1v) is 5.88. The van der Waals surface area contributed by atoms with Gasteiger partial charge in [-0.2, -0.15) is 10.1 Å². The normalized spacial score (nSPS) is 8.59. The van der Waals surface area contributed by atoms with Crippen LogP contribution in [0.15, 0.2) is 24.3 Å². The molecule has 0 aromatic heterocycles. The number of quaternary nitrogens is 1. The highest BCUT2D eigenvalue weighted by molar-refractivity contribution is 6.15. The summed E-state index contributed by atoms with van der Waals surface area (Å²) in [4.78, 5) is 11.0. The zero-order chi connectivity index (χ0) is 13.1. The molecule has 0 bridgehead atoms. The number of amides is 1. The molecule has 1 aromatic rings. The molecule has 0 aliphatic carbocycles. The number of hydrogen-bond donors (Lipinski definition) is 1. The molecule has 1 amide bonds. The predicted molar refractivity (Wildman–Crippen MR) is 65.6 cm³/mol. The van der Waals surface area contributed by atoms with Crippen LogP contribution < -0.4 is 5.32 Å². The molecule has 0 fully saturated rings. The fraction of sp³-hybridized carbons (Fsp3) is 0.333. The van der Waals surface area contributed by atoms with Gasteiger partial charge in [-0.1, -0.05) is 12.1 Å². The number of nitrogens with zero attached hydrogens (tertiary/aromatic N) is 1. The van der Waals surface area contributed by atoms with Crippen molar-refractivity contribution >= 4 is 17.7 Å². The lowest BCUT2D eigenvalue weighted by Gasteiger charge is -2.00. The third-order valence-corrected chi connectivity index (χ3v) is 1.87. The average molecular weight is 256 g/mol. The van der Waals surface area contributed by atoms with Crippen LogP contribution in [0.2, 0.25) is 0 Å². The van der Waals surface area contributed by atoms with Crippen LogP contribution in [0, 0.1) is 11.3 Å². The Morgan fingerprint density at radius 1 is 1.41 bits per heavy atom. The summed E-state index contributed by atoms with van der Waals surface area (Å²) in [5, 5.41) is 10.1. The van der Waals surface area contributed by atoms with E-state index in [0.29, 0.717) is 18.7 Å². The standard InChI is InChI=1S/C11H12N2O2.CH3Cl/c1-2-15-11(14)13-8-10-5-3-9(7-12)4-6-10;1-2/h3-6H,2,8H2,1H3,(H,13,14);1H3/p+1. The molecule has 0 aliphatic heterocycles. The lowest BCUT2D eigenvalue weighted by atomic mass is 10.1. The van der Waals surface area contributed by atoms with Crippen molar-refractivity contribution in [3.8, 4) is 6.07 Å². The molecule has 0 spiro atoms. The van der Waals surface area contributed by atoms with Crippen LogP contribution in [0.3, 0.4) is 0 Å². The Bertz CT molecular complexity index is 371. The van der Waals surface area contributed by atoms with E-state index in [-0.39, 0.29) is 6.09 Å². The molecule has 0 heterocycles. The minimum Gasteiger partial charge on any atom is -0.420 e. The third kappa shape index (κ3) is 6.56. The van der Waals surface area contributed by atoms with Gasteiger partial charge in [-0.05, 0) is 19.1 Å². The molecule has 0 radical (unpaired) electrons. The number of carbonyl (C=O) groups is 1. The first-order chi connectivity index (χ1) is 8.26. The van der Waals surface area contributed by atoms with Crippen molar-refractivity contribution in [2.45, 2.75) is 13.5 Å². The fourth-order valence-electron chi connectivity index (χ4n) is 1.12. The predicted octanol–water partition coefficient (Wildman–Crippen LogP) is 1.63. The molecule has 5 heteroatoms. The number of hydrogen-bond acceptors (Lipinski definition) is 3. The van der Waals surface area contributed by atoms with Crippen molar-refractivity contribution in [3.63, 3.8) is 0 Å². The fourth-order valence-corrected chi connectivity index (χ4v) is 1.12. The third-order valence-electron chi connectivity index (χ3n) is 1.87. The molecule has 1 rings (SSSR count). The van der Waals surface area contributed by atoms with Gasteiger partial charge in [0.25, 0.3) is 0 Å². The van der Waals surface area contributed by atoms with Crippen LogP contribution in [-0.4, -0.2) is 19.1 Å². The molecule has 0 saturated heterocycles. The van der Waals surface area contributed by atoms with E-state index in [1.165, 1.54) is 11.7 Å². The second kappa shape index (κ2) is 9.64. The molecule has 0 saturated carbocycles. The van der Waals surface area contributed by atoms with Crippen LogP contribution in [0.4, 0.5) is 4.79 Å². The van der Waals surface area contributed by atoms with E-state index in [4.69, 9.17) is 10.00 Å². The second-order valence-corrected chi connectivity index (χ2v) is 2.97. The smallest absolute Gasteiger partial charge is 0.420 e. The molecule has 92 valence electrons. The Kier molecular flexibility index (Phi) is 8.75. The van der Waals surface area contributed by atoms with Gasteiger partial charge in [-0.25, -0.2) is 5.32 Å². The van der Waals surface area contributed by atoms with Gasteiger partial charge in [0.15, 0.2) is 0 Å². The Morgan fingerprint density at radius 3 is 2.47 bits per heavy atom. The molecular weight excluding hydrogens is 240 g/mol. The maximum absolute atomic E-state index is 11.0. The molecule has 4 nitrogen and oxygen atoms in total. The van der Waals surface area contributed by atoms with Gasteiger partial charge in [0.1, 0.15) is 6.54 Å². The number of ether oxygens (including phenoxy) is 1. The first kappa shape index (κ1) is 15.4. The number of nitriles is 1. The molecule has 2 N–H and O–H groups in total. The summed E-state index contributed by atoms with van der Waals surface area (Å²) in [6.07, 6.45) is 1.17. The second-order valence-electron chi connectivity index (χ2n) is 2.97. The maximum Gasteiger partial charge on any atom is 0.512 e. The Balaban J connectivity index is 0.00000121. The Labute approximate surface area is 106 Å². The summed E-state index contributed by atoms with van der Waals surface area (Å²) in [5.41, 5.74) is 1.61. The Morgan fingerprint density at radius 2 is 2.00 bits per heavy atom. The highest BCUT2D eigenvalue weighted by atomic mass is 35.5. The highest BCUT2D eigenvalue weighted by Gasteiger charge is 2.05. The number of carbonyl (C=O) groups excluding carboxylic acids is 1. The van der Waals surface area contributed by atoms with Gasteiger partial charge in [0.2, 0.25) is 0 Å². The minimum absolute atomic E-state index is 0.304. The topological polar surface area (TPSA) is 66.7 Å². The highest BCUT2D eigenvalue weighted by Crippen LogP contribution is 2.01. The summed E-state index contributed by atoms with van der Waals surface area (Å²) in [6.45, 7) is 2.70. The quantitative estimate of drug-likeness (QED) is 0.835. The largest absolute Gasteiger partial charge is 0.512 e. The summed E-state index contributed by atoms with van der Waals surface area (Å²) in [5.74, 6) is 0. The molecule has 1 aromatic carbocycles. The number of benzene rings is 1. The van der Waals surface area contributed by atoms with Crippen LogP contribution >= 0.6 is 11.6 Å². The van der Waals surface area contributed by atoms with Crippen LogP contribution in [0.5, 0.6) is 0 Å². The van der Waals surface area contributed by atoms with E-state index in [1.54, 1.807) is 19.1 Å². The van der Waals surface area contributed by atoms with Crippen molar-refractivity contribution in [1.82, 2.24) is 0 Å². The van der Waals surface area contributed by atoms with Gasteiger partial charge in [0, 0.05) is 11.9 Å². The van der Waals surface area contributed by atoms with E-state index in [0.717, 1.165) is 5.56 Å². The number of halogens is 1. The van der Waals surface area contributed by atoms with Gasteiger partial charge in [0.05, 0.1) is 18.2 Å². The molecule has 0 atom stereocenters. The molecule has 0 aliphatic rings.